The molecule has 2 aromatic carbocycles. The van der Waals surface area contributed by atoms with E-state index in [0.29, 0.717) is 51.2 Å². The molecule has 0 spiro atoms. The van der Waals surface area contributed by atoms with Gasteiger partial charge in [-0.2, -0.15) is 0 Å². The molecule has 10 rings (SSSR count). The molecule has 0 saturated carbocycles. The molecule has 2 aliphatic heterocycles. The van der Waals surface area contributed by atoms with Crippen molar-refractivity contribution in [3.63, 3.8) is 0 Å². The maximum absolute atomic E-state index is 13.5. The van der Waals surface area contributed by atoms with Crippen LogP contribution in [0.15, 0.2) is 85.5 Å². The lowest BCUT2D eigenvalue weighted by molar-refractivity contribution is 0.0685. The Labute approximate surface area is 473 Å². The SMILES string of the molecule is CCN(CC)C(=O)c1nc2cc(-c3cc(NCCCN4CCCCC4)c4cnccc4n3)ccc2n1COCC[Si](C)(C)C.CCN(CC)C(=O)c1nc2ccc(-c3cc(NCCCN4CCCCC4)c4cnccc4n3)cc2[nH]1. The lowest BCUT2D eigenvalue weighted by atomic mass is 10.1. The van der Waals surface area contributed by atoms with Gasteiger partial charge in [-0.25, -0.2) is 19.9 Å². The lowest BCUT2D eigenvalue weighted by Crippen LogP contribution is -2.33. The van der Waals surface area contributed by atoms with E-state index >= 15 is 0 Å². The van der Waals surface area contributed by atoms with Crippen LogP contribution in [0, 0.1) is 0 Å². The van der Waals surface area contributed by atoms with Gasteiger partial charge in [0.1, 0.15) is 6.73 Å². The fourth-order valence-electron chi connectivity index (χ4n) is 10.8. The van der Waals surface area contributed by atoms with Gasteiger partial charge in [0.25, 0.3) is 11.8 Å². The molecule has 17 nitrogen and oxygen atoms in total. The van der Waals surface area contributed by atoms with Crippen molar-refractivity contribution in [2.45, 2.75) is 111 Å². The number of imidazole rings is 2. The quantitative estimate of drug-likeness (QED) is 0.0407. The summed E-state index contributed by atoms with van der Waals surface area (Å²) in [5.74, 6) is 0.640. The number of amides is 2. The molecule has 3 N–H and O–H groups in total. The number of piperidine rings is 2. The minimum absolute atomic E-state index is 0.0751. The number of hydrogen-bond acceptors (Lipinski definition) is 13. The van der Waals surface area contributed by atoms with Crippen LogP contribution < -0.4 is 10.6 Å². The van der Waals surface area contributed by atoms with E-state index in [4.69, 9.17) is 19.7 Å². The summed E-state index contributed by atoms with van der Waals surface area (Å²) in [5.41, 5.74) is 10.8. The van der Waals surface area contributed by atoms with E-state index < -0.39 is 8.07 Å². The number of H-pyrrole nitrogens is 1. The number of benzene rings is 2. The zero-order valence-electron chi connectivity index (χ0n) is 48.5. The molecule has 0 aliphatic carbocycles. The molecule has 2 aliphatic rings. The molecule has 0 unspecified atom stereocenters. The summed E-state index contributed by atoms with van der Waals surface area (Å²) in [6.07, 6.45) is 17.5. The van der Waals surface area contributed by atoms with E-state index in [-0.39, 0.29) is 11.8 Å². The number of rotatable bonds is 23. The third kappa shape index (κ3) is 14.5. The molecular weight excluding hydrogens is 1020 g/mol. The fraction of sp³-hybridized carbons (Fsp3) is 0.484. The van der Waals surface area contributed by atoms with E-state index in [1.165, 1.54) is 64.7 Å². The predicted octanol–water partition coefficient (Wildman–Crippen LogP) is 11.7. The Hall–Kier alpha value is -6.86. The van der Waals surface area contributed by atoms with E-state index in [1.54, 1.807) is 17.3 Å². The van der Waals surface area contributed by atoms with Gasteiger partial charge in [0, 0.05) is 112 Å². The maximum atomic E-state index is 13.5. The Morgan fingerprint density at radius 2 is 1.15 bits per heavy atom. The largest absolute Gasteiger partial charge is 0.384 e. The first-order chi connectivity index (χ1) is 38.9. The van der Waals surface area contributed by atoms with Crippen molar-refractivity contribution in [3.8, 4) is 22.5 Å². The number of anilines is 2. The van der Waals surface area contributed by atoms with E-state index in [2.05, 4.69) is 78.2 Å². The van der Waals surface area contributed by atoms with Gasteiger partial charge >= 0.3 is 0 Å². The number of pyridine rings is 4. The molecule has 2 amide bonds. The van der Waals surface area contributed by atoms with Crippen LogP contribution in [0.2, 0.25) is 25.7 Å². The van der Waals surface area contributed by atoms with Crippen molar-refractivity contribution < 1.29 is 14.3 Å². The number of hydrogen-bond donors (Lipinski definition) is 3. The van der Waals surface area contributed by atoms with E-state index in [0.717, 1.165) is 123 Å². The summed E-state index contributed by atoms with van der Waals surface area (Å²) in [6, 6.07) is 21.4. The zero-order chi connectivity index (χ0) is 56.0. The van der Waals surface area contributed by atoms with Crippen LogP contribution in [0.1, 0.15) is 100 Å². The lowest BCUT2D eigenvalue weighted by Gasteiger charge is -2.26. The highest BCUT2D eigenvalue weighted by molar-refractivity contribution is 6.76. The predicted molar refractivity (Wildman–Crippen MR) is 328 cm³/mol. The van der Waals surface area contributed by atoms with Crippen LogP contribution in [0.3, 0.4) is 0 Å². The normalized spacial score (nSPS) is 14.4. The van der Waals surface area contributed by atoms with Crippen molar-refractivity contribution in [2.75, 3.05) is 95.8 Å². The maximum Gasteiger partial charge on any atom is 0.289 e. The Morgan fingerprint density at radius 1 is 0.613 bits per heavy atom. The van der Waals surface area contributed by atoms with Gasteiger partial charge in [-0.1, -0.05) is 44.6 Å². The van der Waals surface area contributed by atoms with Gasteiger partial charge < -0.3 is 40.0 Å². The molecular formula is C62H84N14O3Si. The van der Waals surface area contributed by atoms with Gasteiger partial charge in [-0.3, -0.25) is 24.1 Å². The molecule has 0 bridgehead atoms. The van der Waals surface area contributed by atoms with Gasteiger partial charge in [0.15, 0.2) is 5.82 Å². The van der Waals surface area contributed by atoms with Crippen LogP contribution in [-0.4, -0.2) is 164 Å². The number of fused-ring (bicyclic) bond motifs is 4. The first-order valence-electron chi connectivity index (χ1n) is 29.5. The summed E-state index contributed by atoms with van der Waals surface area (Å²) in [7, 11) is -1.23. The van der Waals surface area contributed by atoms with Crippen molar-refractivity contribution in [3.05, 3.63) is 97.1 Å². The highest BCUT2D eigenvalue weighted by Crippen LogP contribution is 2.32. The highest BCUT2D eigenvalue weighted by Gasteiger charge is 2.24. The smallest absolute Gasteiger partial charge is 0.289 e. The van der Waals surface area contributed by atoms with Crippen molar-refractivity contribution >= 4 is 75.1 Å². The number of nitrogens with zero attached hydrogens (tertiary/aromatic N) is 11. The molecule has 0 radical (unpaired) electrons. The second-order valence-corrected chi connectivity index (χ2v) is 28.1. The van der Waals surface area contributed by atoms with Crippen LogP contribution in [0.25, 0.3) is 66.4 Å². The second-order valence-electron chi connectivity index (χ2n) is 22.4. The summed E-state index contributed by atoms with van der Waals surface area (Å²) in [5, 5.41) is 9.36. The van der Waals surface area contributed by atoms with Crippen molar-refractivity contribution in [1.82, 2.24) is 59.1 Å². The molecule has 2 fully saturated rings. The van der Waals surface area contributed by atoms with Crippen LogP contribution >= 0.6 is 0 Å². The summed E-state index contributed by atoms with van der Waals surface area (Å²) in [6.45, 7) is 27.4. The molecule has 80 heavy (non-hydrogen) atoms. The Bertz CT molecular complexity index is 3330. The van der Waals surface area contributed by atoms with Crippen molar-refractivity contribution in [2.24, 2.45) is 0 Å². The summed E-state index contributed by atoms with van der Waals surface area (Å²) >= 11 is 0. The Kier molecular flexibility index (Phi) is 19.9. The molecule has 2 saturated heterocycles. The van der Waals surface area contributed by atoms with Crippen LogP contribution in [-0.2, 0) is 11.5 Å². The number of carbonyl (C=O) groups excluding carboxylic acids is 2. The third-order valence-electron chi connectivity index (χ3n) is 15.6. The van der Waals surface area contributed by atoms with E-state index in [1.807, 2.05) is 92.0 Å². The standard InChI is InChI=1S/C34H49N7O2Si.C28H35N7O/c1-6-40(7-2)34(42)33-38-31-22-26(12-13-32(31)41(33)25-43-20-21-44(3,4)5)29-23-30(27-24-35-16-14-28(27)37-29)36-15-11-19-39-17-9-8-10-18-39;1-3-35(4-2)28(36)27-32-23-10-9-20(17-26(23)33-27)24-18-25(21-19-29-13-11-22(21)31-24)30-12-8-16-34-14-6-5-7-15-34/h12-14,16,22-24H,6-11,15,17-21,25H2,1-5H3,(H,36,37);9-11,13,17-19H,3-8,12,14-16H2,1-2H3,(H,30,31)(H,32,33). The third-order valence-corrected chi connectivity index (χ3v) is 17.3. The minimum Gasteiger partial charge on any atom is -0.384 e. The molecule has 8 heterocycles. The van der Waals surface area contributed by atoms with Crippen LogP contribution in [0.4, 0.5) is 11.4 Å². The summed E-state index contributed by atoms with van der Waals surface area (Å²) in [4.78, 5) is 66.2. The number of nitrogens with one attached hydrogen (secondary N) is 3. The van der Waals surface area contributed by atoms with Crippen LogP contribution in [0.5, 0.6) is 0 Å². The van der Waals surface area contributed by atoms with Gasteiger partial charge in [0.2, 0.25) is 5.82 Å². The van der Waals surface area contributed by atoms with Crippen molar-refractivity contribution in [1.29, 1.82) is 0 Å². The molecule has 424 valence electrons. The Balaban J connectivity index is 0.000000197. The number of ether oxygens (including phenoxy) is 1. The fourth-order valence-corrected chi connectivity index (χ4v) is 11.6. The number of aromatic nitrogens is 8. The summed E-state index contributed by atoms with van der Waals surface area (Å²) < 4.78 is 8.05. The first kappa shape index (κ1) is 57.8. The molecule has 8 aromatic rings. The average molecular weight is 1100 g/mol. The van der Waals surface area contributed by atoms with Gasteiger partial charge in [-0.05, 0) is 160 Å². The molecule has 18 heteroatoms. The minimum atomic E-state index is -1.23. The topological polar surface area (TPSA) is 178 Å². The number of carbonyl (C=O) groups is 2. The van der Waals surface area contributed by atoms with Gasteiger partial charge in [-0.15, -0.1) is 0 Å². The number of likely N-dealkylation sites (tertiary alicyclic amines) is 2. The Morgan fingerprint density at radius 3 is 1.70 bits per heavy atom. The monoisotopic (exact) mass is 1100 g/mol. The molecule has 0 atom stereocenters. The molecule has 6 aromatic heterocycles. The average Bonchev–Trinajstić information content (AvgIpc) is 4.09. The highest BCUT2D eigenvalue weighted by atomic mass is 28.3. The first-order valence-corrected chi connectivity index (χ1v) is 33.2. The second kappa shape index (κ2) is 27.5. The number of aromatic amines is 1. The zero-order valence-corrected chi connectivity index (χ0v) is 49.5. The van der Waals surface area contributed by atoms with Gasteiger partial charge in [0.05, 0.1) is 44.5 Å². The van der Waals surface area contributed by atoms with E-state index in [9.17, 15) is 9.59 Å².